The Morgan fingerprint density at radius 2 is 2.19 bits per heavy atom. The minimum atomic E-state index is 0.209. The number of hydrogen-bond donors (Lipinski definition) is 0. The van der Waals surface area contributed by atoms with Gasteiger partial charge < -0.3 is 9.15 Å². The Hall–Kier alpha value is -2.79. The van der Waals surface area contributed by atoms with Gasteiger partial charge in [0.25, 0.3) is 12.3 Å². The molecule has 5 nitrogen and oxygen atoms in total. The van der Waals surface area contributed by atoms with Gasteiger partial charge in [0.15, 0.2) is 6.26 Å². The van der Waals surface area contributed by atoms with Crippen LogP contribution in [0.25, 0.3) is 0 Å². The van der Waals surface area contributed by atoms with Gasteiger partial charge in [-0.15, -0.1) is 0 Å². The summed E-state index contributed by atoms with van der Waals surface area (Å²) in [6, 6.07) is 8.41. The Kier molecular flexibility index (Phi) is 2.53. The molecule has 0 saturated carbocycles. The van der Waals surface area contributed by atoms with Crippen molar-refractivity contribution in [1.29, 1.82) is 10.5 Å². The lowest BCUT2D eigenvalue weighted by Gasteiger charge is -2.03. The zero-order valence-electron chi connectivity index (χ0n) is 7.97. The molecule has 0 unspecified atom stereocenters. The molecule has 5 heteroatoms. The average Bonchev–Trinajstić information content (AvgIpc) is 2.82. The van der Waals surface area contributed by atoms with Gasteiger partial charge in [-0.2, -0.15) is 15.5 Å². The Morgan fingerprint density at radius 1 is 1.31 bits per heavy atom. The molecule has 1 heterocycles. The molecule has 1 radical (unpaired) electrons. The second-order valence-electron chi connectivity index (χ2n) is 2.81. The number of oxazole rings is 1. The van der Waals surface area contributed by atoms with E-state index in [1.807, 2.05) is 12.1 Å². The van der Waals surface area contributed by atoms with Gasteiger partial charge in [-0.3, -0.25) is 0 Å². The molecule has 0 saturated heterocycles. The summed E-state index contributed by atoms with van der Waals surface area (Å²) >= 11 is 0. The van der Waals surface area contributed by atoms with Crippen LogP contribution in [0.5, 0.6) is 11.6 Å². The van der Waals surface area contributed by atoms with E-state index in [9.17, 15) is 0 Å². The van der Waals surface area contributed by atoms with Crippen LogP contribution in [0, 0.1) is 29.1 Å². The van der Waals surface area contributed by atoms with Crippen molar-refractivity contribution in [2.24, 2.45) is 0 Å². The molecule has 2 aromatic rings. The maximum atomic E-state index is 8.88. The molecule has 2 rings (SSSR count). The quantitative estimate of drug-likeness (QED) is 0.756. The molecule has 0 spiro atoms. The maximum absolute atomic E-state index is 8.88. The molecule has 0 atom stereocenters. The third-order valence-corrected chi connectivity index (χ3v) is 1.81. The first-order valence-electron chi connectivity index (χ1n) is 4.27. The average molecular weight is 210 g/mol. The van der Waals surface area contributed by atoms with Crippen LogP contribution in [0.3, 0.4) is 0 Å². The lowest BCUT2D eigenvalue weighted by atomic mass is 10.1. The largest absolute Gasteiger partial charge is 0.437 e. The first-order valence-corrected chi connectivity index (χ1v) is 4.27. The molecule has 0 aliphatic carbocycles. The van der Waals surface area contributed by atoms with Gasteiger partial charge in [0.2, 0.25) is 0 Å². The first kappa shape index (κ1) is 9.75. The van der Waals surface area contributed by atoms with Gasteiger partial charge in [0, 0.05) is 0 Å². The molecule has 0 amide bonds. The molecule has 16 heavy (non-hydrogen) atoms. The SMILES string of the molecule is N#Cc1ccc(Oc2co[c]n2)c(C#N)c1. The second kappa shape index (κ2) is 4.16. The Morgan fingerprint density at radius 3 is 2.81 bits per heavy atom. The second-order valence-corrected chi connectivity index (χ2v) is 2.81. The molecule has 0 aliphatic heterocycles. The van der Waals surface area contributed by atoms with Gasteiger partial charge in [0.1, 0.15) is 11.8 Å². The van der Waals surface area contributed by atoms with E-state index in [0.717, 1.165) is 0 Å². The van der Waals surface area contributed by atoms with E-state index in [-0.39, 0.29) is 11.4 Å². The minimum absolute atomic E-state index is 0.209. The standard InChI is InChI=1S/C11H4N3O2/c12-4-8-1-2-10(9(3-8)5-13)16-11-6-15-7-14-11/h1-3,6H. The molecule has 0 aliphatic rings. The summed E-state index contributed by atoms with van der Waals surface area (Å²) in [5.41, 5.74) is 0.665. The summed E-state index contributed by atoms with van der Waals surface area (Å²) in [6.45, 7) is 0. The predicted octanol–water partition coefficient (Wildman–Crippen LogP) is 2.01. The highest BCUT2D eigenvalue weighted by atomic mass is 16.5. The zero-order valence-corrected chi connectivity index (χ0v) is 7.97. The fourth-order valence-electron chi connectivity index (χ4n) is 1.11. The Bertz CT molecular complexity index is 576. The summed E-state index contributed by atoms with van der Waals surface area (Å²) < 4.78 is 9.88. The van der Waals surface area contributed by atoms with Crippen LogP contribution < -0.4 is 4.74 Å². The number of benzene rings is 1. The lowest BCUT2D eigenvalue weighted by molar-refractivity contribution is 0.456. The van der Waals surface area contributed by atoms with Crippen LogP contribution in [-0.4, -0.2) is 4.98 Å². The van der Waals surface area contributed by atoms with Crippen molar-refractivity contribution < 1.29 is 9.15 Å². The van der Waals surface area contributed by atoms with E-state index < -0.39 is 0 Å². The van der Waals surface area contributed by atoms with Crippen LogP contribution in [0.1, 0.15) is 11.1 Å². The molecule has 0 bridgehead atoms. The third kappa shape index (κ3) is 1.84. The van der Waals surface area contributed by atoms with Crippen LogP contribution in [0.2, 0.25) is 0 Å². The number of aromatic nitrogens is 1. The topological polar surface area (TPSA) is 82.8 Å². The summed E-state index contributed by atoms with van der Waals surface area (Å²) in [7, 11) is 0. The highest BCUT2D eigenvalue weighted by molar-refractivity contribution is 5.49. The molecule has 0 fully saturated rings. The molecule has 1 aromatic carbocycles. The van der Waals surface area contributed by atoms with Gasteiger partial charge in [0.05, 0.1) is 17.2 Å². The smallest absolute Gasteiger partial charge is 0.287 e. The number of hydrogen-bond acceptors (Lipinski definition) is 5. The number of ether oxygens (including phenoxy) is 1. The monoisotopic (exact) mass is 210 g/mol. The van der Waals surface area contributed by atoms with E-state index in [0.29, 0.717) is 11.3 Å². The molecule has 1 aromatic heterocycles. The van der Waals surface area contributed by atoms with Gasteiger partial charge in [-0.25, -0.2) is 0 Å². The maximum Gasteiger partial charge on any atom is 0.287 e. The third-order valence-electron chi connectivity index (χ3n) is 1.81. The van der Waals surface area contributed by atoms with Crippen molar-refractivity contribution in [3.63, 3.8) is 0 Å². The van der Waals surface area contributed by atoms with Crippen LogP contribution in [0.4, 0.5) is 0 Å². The summed E-state index contributed by atoms with van der Waals surface area (Å²) in [6.07, 6.45) is 3.49. The van der Waals surface area contributed by atoms with Crippen molar-refractivity contribution in [1.82, 2.24) is 4.98 Å². The van der Waals surface area contributed by atoms with E-state index in [4.69, 9.17) is 15.3 Å². The van der Waals surface area contributed by atoms with Crippen molar-refractivity contribution in [3.8, 4) is 23.8 Å². The number of nitriles is 2. The first-order chi connectivity index (χ1) is 7.83. The van der Waals surface area contributed by atoms with Gasteiger partial charge in [-0.05, 0) is 18.2 Å². The Balaban J connectivity index is 2.36. The summed E-state index contributed by atoms with van der Waals surface area (Å²) in [5, 5.41) is 17.5. The number of nitrogens with zero attached hydrogens (tertiary/aromatic N) is 3. The summed E-state index contributed by atoms with van der Waals surface area (Å²) in [5.74, 6) is 0.532. The normalized spacial score (nSPS) is 9.12. The van der Waals surface area contributed by atoms with Crippen molar-refractivity contribution in [2.45, 2.75) is 0 Å². The molecular formula is C11H4N3O2. The fourth-order valence-corrected chi connectivity index (χ4v) is 1.11. The van der Waals surface area contributed by atoms with Crippen molar-refractivity contribution in [3.05, 3.63) is 42.0 Å². The zero-order chi connectivity index (χ0) is 11.4. The fraction of sp³-hybridized carbons (Fsp3) is 0. The Labute approximate surface area is 91.1 Å². The van der Waals surface area contributed by atoms with E-state index in [1.165, 1.54) is 18.4 Å². The van der Waals surface area contributed by atoms with Crippen molar-refractivity contribution in [2.75, 3.05) is 0 Å². The van der Waals surface area contributed by atoms with E-state index in [2.05, 4.69) is 15.8 Å². The van der Waals surface area contributed by atoms with Crippen LogP contribution in [-0.2, 0) is 0 Å². The summed E-state index contributed by atoms with van der Waals surface area (Å²) in [4.78, 5) is 3.64. The molecule has 75 valence electrons. The van der Waals surface area contributed by atoms with E-state index in [1.54, 1.807) is 6.07 Å². The number of rotatable bonds is 2. The highest BCUT2D eigenvalue weighted by Crippen LogP contribution is 2.24. The van der Waals surface area contributed by atoms with Gasteiger partial charge in [-0.1, -0.05) is 0 Å². The molecular weight excluding hydrogens is 206 g/mol. The minimum Gasteiger partial charge on any atom is -0.437 e. The molecule has 0 N–H and O–H groups in total. The highest BCUT2D eigenvalue weighted by Gasteiger charge is 2.07. The van der Waals surface area contributed by atoms with Crippen LogP contribution in [0.15, 0.2) is 28.9 Å². The predicted molar refractivity (Wildman–Crippen MR) is 51.3 cm³/mol. The van der Waals surface area contributed by atoms with E-state index >= 15 is 0 Å². The van der Waals surface area contributed by atoms with Crippen LogP contribution >= 0.6 is 0 Å². The van der Waals surface area contributed by atoms with Gasteiger partial charge >= 0.3 is 0 Å². The van der Waals surface area contributed by atoms with Crippen molar-refractivity contribution >= 4 is 0 Å². The lowest BCUT2D eigenvalue weighted by Crippen LogP contribution is -1.89.